The second kappa shape index (κ2) is 5.25. The zero-order valence-electron chi connectivity index (χ0n) is 6.85. The molecule has 0 radical (unpaired) electrons. The first-order valence-electron chi connectivity index (χ1n) is 3.39. The molecule has 0 heterocycles. The molecule has 0 aliphatic heterocycles. The molecule has 2 nitrogen and oxygen atoms in total. The normalized spacial score (nSPS) is 10.3. The van der Waals surface area contributed by atoms with Crippen molar-refractivity contribution in [3.05, 3.63) is 0 Å². The summed E-state index contributed by atoms with van der Waals surface area (Å²) in [6.45, 7) is 1.95. The topological polar surface area (TPSA) is 12.5 Å². The van der Waals surface area contributed by atoms with Crippen molar-refractivity contribution in [2.45, 2.75) is 11.6 Å². The molecule has 0 rings (SSSR count). The van der Waals surface area contributed by atoms with Gasteiger partial charge in [-0.2, -0.15) is 0 Å². The van der Waals surface area contributed by atoms with Crippen molar-refractivity contribution in [2.24, 2.45) is 0 Å². The Bertz CT molecular complexity index is 58.1. The molecular formula is C6H16AlNO. The standard InChI is InChI=1S/C4H10NO.2CH3.Al/c1-5(2)3-4-6;;;/h3-4H2,1-2H3;2*1H3;/q-1;;;+1. The minimum Gasteiger partial charge on any atom is -0.500 e. The van der Waals surface area contributed by atoms with Crippen LogP contribution in [-0.2, 0) is 3.79 Å². The van der Waals surface area contributed by atoms with E-state index in [2.05, 4.69) is 30.6 Å². The molecule has 0 spiro atoms. The molecule has 0 unspecified atom stereocenters. The van der Waals surface area contributed by atoms with Crippen LogP contribution in [0, 0.1) is 0 Å². The molecule has 0 aromatic heterocycles. The van der Waals surface area contributed by atoms with Gasteiger partial charge in [-0.3, -0.25) is 0 Å². The Hall–Kier alpha value is 0.452. The Morgan fingerprint density at radius 2 is 1.89 bits per heavy atom. The van der Waals surface area contributed by atoms with Crippen LogP contribution in [-0.4, -0.2) is 46.6 Å². The highest BCUT2D eigenvalue weighted by Crippen LogP contribution is 1.83. The molecule has 0 aromatic carbocycles. The molecule has 0 saturated heterocycles. The number of rotatable bonds is 4. The van der Waals surface area contributed by atoms with Crippen molar-refractivity contribution in [1.82, 2.24) is 4.90 Å². The lowest BCUT2D eigenvalue weighted by molar-refractivity contribution is 0.265. The smallest absolute Gasteiger partial charge is 0.454 e. The Morgan fingerprint density at radius 3 is 2.22 bits per heavy atom. The highest BCUT2D eigenvalue weighted by molar-refractivity contribution is 6.48. The number of nitrogens with zero attached hydrogens (tertiary/aromatic N) is 1. The van der Waals surface area contributed by atoms with Gasteiger partial charge in [-0.15, -0.1) is 0 Å². The number of hydrogen-bond acceptors (Lipinski definition) is 2. The van der Waals surface area contributed by atoms with Gasteiger partial charge in [-0.25, -0.2) is 0 Å². The summed E-state index contributed by atoms with van der Waals surface area (Å²) in [6.07, 6.45) is 0. The van der Waals surface area contributed by atoms with E-state index in [0.29, 0.717) is 0 Å². The lowest BCUT2D eigenvalue weighted by Crippen LogP contribution is -2.21. The van der Waals surface area contributed by atoms with Crippen molar-refractivity contribution in [3.8, 4) is 0 Å². The van der Waals surface area contributed by atoms with E-state index in [1.165, 1.54) is 0 Å². The molecule has 0 aromatic rings. The van der Waals surface area contributed by atoms with Crippen LogP contribution in [0.3, 0.4) is 0 Å². The zero-order valence-corrected chi connectivity index (χ0v) is 8.00. The van der Waals surface area contributed by atoms with Crippen LogP contribution >= 0.6 is 0 Å². The van der Waals surface area contributed by atoms with Crippen LogP contribution in [0.15, 0.2) is 0 Å². The maximum atomic E-state index is 5.45. The molecule has 0 saturated carbocycles. The van der Waals surface area contributed by atoms with Crippen LogP contribution in [0.2, 0.25) is 11.6 Å². The Labute approximate surface area is 62.5 Å². The minimum atomic E-state index is -0.756. The van der Waals surface area contributed by atoms with Crippen molar-refractivity contribution >= 4 is 14.5 Å². The van der Waals surface area contributed by atoms with Gasteiger partial charge in [-0.1, -0.05) is 11.6 Å². The van der Waals surface area contributed by atoms with E-state index in [9.17, 15) is 0 Å². The summed E-state index contributed by atoms with van der Waals surface area (Å²) in [5.74, 6) is 4.38. The van der Waals surface area contributed by atoms with E-state index in [4.69, 9.17) is 3.79 Å². The molecule has 0 N–H and O–H groups in total. The van der Waals surface area contributed by atoms with Gasteiger partial charge >= 0.3 is 14.5 Å². The first-order chi connectivity index (χ1) is 4.13. The van der Waals surface area contributed by atoms with Gasteiger partial charge in [0.05, 0.1) is 0 Å². The first kappa shape index (κ1) is 9.45. The van der Waals surface area contributed by atoms with Gasteiger partial charge in [0.1, 0.15) is 0 Å². The molecule has 0 amide bonds. The highest BCUT2D eigenvalue weighted by atomic mass is 27.2. The quantitative estimate of drug-likeness (QED) is 0.543. The lowest BCUT2D eigenvalue weighted by Gasteiger charge is -2.10. The fourth-order valence-corrected chi connectivity index (χ4v) is 1.05. The van der Waals surface area contributed by atoms with Crippen LogP contribution in [0.4, 0.5) is 0 Å². The molecule has 9 heavy (non-hydrogen) atoms. The molecule has 0 aliphatic rings. The maximum absolute atomic E-state index is 5.45. The summed E-state index contributed by atoms with van der Waals surface area (Å²) in [5, 5.41) is 0. The fraction of sp³-hybridized carbons (Fsp3) is 1.00. The Morgan fingerprint density at radius 1 is 1.33 bits per heavy atom. The van der Waals surface area contributed by atoms with Crippen molar-refractivity contribution < 1.29 is 3.79 Å². The second-order valence-corrected chi connectivity index (χ2v) is 5.15. The average Bonchev–Trinajstić information content (AvgIpc) is 1.63. The molecule has 0 bridgehead atoms. The molecule has 54 valence electrons. The van der Waals surface area contributed by atoms with Crippen molar-refractivity contribution in [1.29, 1.82) is 0 Å². The summed E-state index contributed by atoms with van der Waals surface area (Å²) in [5.41, 5.74) is 0. The average molecular weight is 145 g/mol. The fourth-order valence-electron chi connectivity index (χ4n) is 0.471. The molecular weight excluding hydrogens is 129 g/mol. The monoisotopic (exact) mass is 145 g/mol. The predicted molar refractivity (Wildman–Crippen MR) is 42.0 cm³/mol. The van der Waals surface area contributed by atoms with Gasteiger partial charge in [0.25, 0.3) is 0 Å². The molecule has 3 heteroatoms. The number of likely N-dealkylation sites (N-methyl/N-ethyl adjacent to an activating group) is 1. The largest absolute Gasteiger partial charge is 0.500 e. The Balaban J connectivity index is 2.91. The number of hydrogen-bond donors (Lipinski definition) is 0. The maximum Gasteiger partial charge on any atom is 0.454 e. The highest BCUT2D eigenvalue weighted by Gasteiger charge is 2.02. The first-order valence-corrected chi connectivity index (χ1v) is 6.17. The summed E-state index contributed by atoms with van der Waals surface area (Å²) < 4.78 is 5.45. The summed E-state index contributed by atoms with van der Waals surface area (Å²) in [7, 11) is 4.12. The molecule has 0 aliphatic carbocycles. The van der Waals surface area contributed by atoms with Crippen LogP contribution in [0.1, 0.15) is 0 Å². The third-order valence-electron chi connectivity index (χ3n) is 0.990. The lowest BCUT2D eigenvalue weighted by atomic mass is 10.6. The van der Waals surface area contributed by atoms with Crippen molar-refractivity contribution in [3.63, 3.8) is 0 Å². The summed E-state index contributed by atoms with van der Waals surface area (Å²) >= 11 is -0.756. The van der Waals surface area contributed by atoms with E-state index in [-0.39, 0.29) is 0 Å². The molecule has 0 atom stereocenters. The van der Waals surface area contributed by atoms with E-state index >= 15 is 0 Å². The second-order valence-electron chi connectivity index (χ2n) is 2.72. The third-order valence-corrected chi connectivity index (χ3v) is 1.89. The van der Waals surface area contributed by atoms with Crippen LogP contribution in [0.25, 0.3) is 0 Å². The summed E-state index contributed by atoms with van der Waals surface area (Å²) in [4.78, 5) is 2.14. The SMILES string of the molecule is CN(C)CC[O][Al]([CH3])[CH3]. The third kappa shape index (κ3) is 8.45. The van der Waals surface area contributed by atoms with E-state index < -0.39 is 14.5 Å². The van der Waals surface area contributed by atoms with Gasteiger partial charge in [-0.05, 0) is 14.1 Å². The molecule has 0 fully saturated rings. The van der Waals surface area contributed by atoms with Crippen LogP contribution in [0.5, 0.6) is 0 Å². The van der Waals surface area contributed by atoms with Gasteiger partial charge in [0, 0.05) is 13.2 Å². The summed E-state index contributed by atoms with van der Waals surface area (Å²) in [6, 6.07) is 0. The van der Waals surface area contributed by atoms with Gasteiger partial charge < -0.3 is 8.69 Å². The van der Waals surface area contributed by atoms with E-state index in [1.54, 1.807) is 0 Å². The van der Waals surface area contributed by atoms with Crippen molar-refractivity contribution in [2.75, 3.05) is 27.2 Å². The van der Waals surface area contributed by atoms with E-state index in [0.717, 1.165) is 13.2 Å². The van der Waals surface area contributed by atoms with Gasteiger partial charge in [0.2, 0.25) is 0 Å². The van der Waals surface area contributed by atoms with Gasteiger partial charge in [0.15, 0.2) is 0 Å². The Kier molecular flexibility index (Phi) is 5.52. The van der Waals surface area contributed by atoms with Crippen LogP contribution < -0.4 is 0 Å². The minimum absolute atomic E-state index is 0.756. The zero-order chi connectivity index (χ0) is 7.28. The van der Waals surface area contributed by atoms with E-state index in [1.807, 2.05) is 0 Å². The predicted octanol–water partition coefficient (Wildman–Crippen LogP) is 0.816.